The van der Waals surface area contributed by atoms with E-state index in [-0.39, 0.29) is 6.04 Å². The maximum absolute atomic E-state index is 5.39. The van der Waals surface area contributed by atoms with Gasteiger partial charge in [0.2, 0.25) is 0 Å². The molecule has 0 aliphatic carbocycles. The number of fused-ring (bicyclic) bond motifs is 1. The Hall–Kier alpha value is -2.56. The fraction of sp³-hybridized carbons (Fsp3) is 0.200. The van der Waals surface area contributed by atoms with Crippen LogP contribution < -0.4 is 10.1 Å². The number of rotatable bonds is 4. The highest BCUT2D eigenvalue weighted by Crippen LogP contribution is 2.30. The van der Waals surface area contributed by atoms with Gasteiger partial charge in [-0.05, 0) is 19.1 Å². The third-order valence-corrected chi connectivity index (χ3v) is 3.27. The number of anilines is 1. The number of hydrogen-bond donors (Lipinski definition) is 2. The molecule has 0 bridgehead atoms. The molecule has 5 heteroatoms. The normalized spacial score (nSPS) is 12.3. The third-order valence-electron chi connectivity index (χ3n) is 3.27. The Balaban J connectivity index is 2.00. The second-order valence-electron chi connectivity index (χ2n) is 4.56. The van der Waals surface area contributed by atoms with E-state index in [9.17, 15) is 0 Å². The van der Waals surface area contributed by atoms with Gasteiger partial charge in [0.25, 0.3) is 0 Å². The van der Waals surface area contributed by atoms with Crippen molar-refractivity contribution in [3.63, 3.8) is 0 Å². The van der Waals surface area contributed by atoms with Crippen molar-refractivity contribution < 1.29 is 4.74 Å². The number of nitrogens with zero attached hydrogens (tertiary/aromatic N) is 2. The molecule has 0 spiro atoms. The molecule has 2 aromatic heterocycles. The summed E-state index contributed by atoms with van der Waals surface area (Å²) in [5, 5.41) is 5.45. The molecule has 0 saturated carbocycles. The summed E-state index contributed by atoms with van der Waals surface area (Å²) in [7, 11) is 1.67. The summed E-state index contributed by atoms with van der Waals surface area (Å²) >= 11 is 0. The summed E-state index contributed by atoms with van der Waals surface area (Å²) in [5.74, 6) is 2.55. The summed E-state index contributed by atoms with van der Waals surface area (Å²) in [4.78, 5) is 11.8. The van der Waals surface area contributed by atoms with Crippen LogP contribution in [0.15, 0.2) is 42.9 Å². The van der Waals surface area contributed by atoms with Gasteiger partial charge in [0.1, 0.15) is 17.4 Å². The van der Waals surface area contributed by atoms with Crippen LogP contribution >= 0.6 is 0 Å². The fourth-order valence-electron chi connectivity index (χ4n) is 2.26. The first kappa shape index (κ1) is 12.5. The van der Waals surface area contributed by atoms with Gasteiger partial charge in [-0.2, -0.15) is 0 Å². The SMILES string of the molecule is COc1cccc2c(NC(C)c3ncc[nH]3)nccc12. The molecule has 0 radical (unpaired) electrons. The first-order chi connectivity index (χ1) is 9.79. The molecule has 20 heavy (non-hydrogen) atoms. The van der Waals surface area contributed by atoms with Gasteiger partial charge in [0.15, 0.2) is 0 Å². The van der Waals surface area contributed by atoms with E-state index in [0.717, 1.165) is 28.2 Å². The van der Waals surface area contributed by atoms with Gasteiger partial charge in [0.05, 0.1) is 13.2 Å². The summed E-state index contributed by atoms with van der Waals surface area (Å²) in [6.07, 6.45) is 5.34. The Labute approximate surface area is 117 Å². The molecular weight excluding hydrogens is 252 g/mol. The van der Waals surface area contributed by atoms with Crippen LogP contribution in [0.4, 0.5) is 5.82 Å². The minimum atomic E-state index is 0.0503. The second kappa shape index (κ2) is 5.21. The maximum atomic E-state index is 5.39. The summed E-state index contributed by atoms with van der Waals surface area (Å²) in [6, 6.07) is 7.95. The number of aromatic amines is 1. The number of H-pyrrole nitrogens is 1. The van der Waals surface area contributed by atoms with Crippen LogP contribution in [0.1, 0.15) is 18.8 Å². The third kappa shape index (κ3) is 2.18. The number of pyridine rings is 1. The average molecular weight is 268 g/mol. The predicted octanol–water partition coefficient (Wildman–Crippen LogP) is 3.14. The van der Waals surface area contributed by atoms with Gasteiger partial charge in [-0.25, -0.2) is 9.97 Å². The van der Waals surface area contributed by atoms with Gasteiger partial charge in [-0.15, -0.1) is 0 Å². The lowest BCUT2D eigenvalue weighted by Gasteiger charge is -2.15. The van der Waals surface area contributed by atoms with Crippen molar-refractivity contribution in [3.8, 4) is 5.75 Å². The summed E-state index contributed by atoms with van der Waals surface area (Å²) in [5.41, 5.74) is 0. The molecule has 1 atom stereocenters. The number of nitrogens with one attached hydrogen (secondary N) is 2. The number of methoxy groups -OCH3 is 1. The van der Waals surface area contributed by atoms with Crippen molar-refractivity contribution >= 4 is 16.6 Å². The molecule has 0 amide bonds. The van der Waals surface area contributed by atoms with E-state index in [4.69, 9.17) is 4.74 Å². The average Bonchev–Trinajstić information content (AvgIpc) is 3.01. The number of imidazole rings is 1. The number of ether oxygens (including phenoxy) is 1. The number of benzene rings is 1. The lowest BCUT2D eigenvalue weighted by molar-refractivity contribution is 0.420. The zero-order chi connectivity index (χ0) is 13.9. The van der Waals surface area contributed by atoms with Gasteiger partial charge in [-0.3, -0.25) is 0 Å². The zero-order valence-electron chi connectivity index (χ0n) is 11.4. The Morgan fingerprint density at radius 1 is 1.15 bits per heavy atom. The molecule has 3 rings (SSSR count). The van der Waals surface area contributed by atoms with Crippen LogP contribution in [-0.4, -0.2) is 22.1 Å². The Morgan fingerprint density at radius 3 is 2.80 bits per heavy atom. The standard InChI is InChI=1S/C15H16N4O/c1-10(14-17-8-9-18-14)19-15-12-4-3-5-13(20-2)11(12)6-7-16-15/h3-10H,1-2H3,(H,16,19)(H,17,18). The molecule has 0 fully saturated rings. The lowest BCUT2D eigenvalue weighted by Crippen LogP contribution is -2.09. The van der Waals surface area contributed by atoms with Crippen molar-refractivity contribution in [2.24, 2.45) is 0 Å². The van der Waals surface area contributed by atoms with Crippen LogP contribution in [-0.2, 0) is 0 Å². The maximum Gasteiger partial charge on any atom is 0.134 e. The molecule has 0 saturated heterocycles. The van der Waals surface area contributed by atoms with Crippen LogP contribution in [0, 0.1) is 0 Å². The fourth-order valence-corrected chi connectivity index (χ4v) is 2.26. The molecular formula is C15H16N4O. The summed E-state index contributed by atoms with van der Waals surface area (Å²) < 4.78 is 5.39. The topological polar surface area (TPSA) is 62.8 Å². The van der Waals surface area contributed by atoms with Crippen molar-refractivity contribution in [3.05, 3.63) is 48.7 Å². The Morgan fingerprint density at radius 2 is 2.05 bits per heavy atom. The molecule has 102 valence electrons. The van der Waals surface area contributed by atoms with Crippen molar-refractivity contribution in [2.45, 2.75) is 13.0 Å². The van der Waals surface area contributed by atoms with Crippen molar-refractivity contribution in [2.75, 3.05) is 12.4 Å². The molecule has 1 unspecified atom stereocenters. The molecule has 5 nitrogen and oxygen atoms in total. The van der Waals surface area contributed by atoms with Crippen molar-refractivity contribution in [1.82, 2.24) is 15.0 Å². The zero-order valence-corrected chi connectivity index (χ0v) is 11.4. The Bertz CT molecular complexity index is 709. The summed E-state index contributed by atoms with van der Waals surface area (Å²) in [6.45, 7) is 2.04. The molecule has 2 heterocycles. The largest absolute Gasteiger partial charge is 0.496 e. The number of aromatic nitrogens is 3. The van der Waals surface area contributed by atoms with E-state index in [2.05, 4.69) is 20.3 Å². The van der Waals surface area contributed by atoms with E-state index >= 15 is 0 Å². The highest BCUT2D eigenvalue weighted by molar-refractivity contribution is 5.95. The first-order valence-electron chi connectivity index (χ1n) is 6.47. The van der Waals surface area contributed by atoms with E-state index in [1.807, 2.05) is 37.4 Å². The molecule has 2 N–H and O–H groups in total. The molecule has 0 aliphatic rings. The van der Waals surface area contributed by atoms with E-state index < -0.39 is 0 Å². The number of hydrogen-bond acceptors (Lipinski definition) is 4. The minimum absolute atomic E-state index is 0.0503. The highest BCUT2D eigenvalue weighted by Gasteiger charge is 2.11. The van der Waals surface area contributed by atoms with Gasteiger partial charge in [0, 0.05) is 29.4 Å². The van der Waals surface area contributed by atoms with Gasteiger partial charge in [-0.1, -0.05) is 12.1 Å². The van der Waals surface area contributed by atoms with Crippen LogP contribution in [0.5, 0.6) is 5.75 Å². The quantitative estimate of drug-likeness (QED) is 0.763. The molecule has 0 aliphatic heterocycles. The monoisotopic (exact) mass is 268 g/mol. The molecule has 3 aromatic rings. The van der Waals surface area contributed by atoms with E-state index in [0.29, 0.717) is 0 Å². The lowest BCUT2D eigenvalue weighted by atomic mass is 10.1. The van der Waals surface area contributed by atoms with Crippen LogP contribution in [0.3, 0.4) is 0 Å². The van der Waals surface area contributed by atoms with E-state index in [1.54, 1.807) is 19.5 Å². The first-order valence-corrected chi connectivity index (χ1v) is 6.47. The minimum Gasteiger partial charge on any atom is -0.496 e. The molecule has 1 aromatic carbocycles. The van der Waals surface area contributed by atoms with Crippen molar-refractivity contribution in [1.29, 1.82) is 0 Å². The van der Waals surface area contributed by atoms with Crippen LogP contribution in [0.2, 0.25) is 0 Å². The van der Waals surface area contributed by atoms with Crippen LogP contribution in [0.25, 0.3) is 10.8 Å². The van der Waals surface area contributed by atoms with E-state index in [1.165, 1.54) is 0 Å². The second-order valence-corrected chi connectivity index (χ2v) is 4.56. The van der Waals surface area contributed by atoms with Gasteiger partial charge < -0.3 is 15.0 Å². The predicted molar refractivity (Wildman–Crippen MR) is 78.9 cm³/mol. The van der Waals surface area contributed by atoms with Gasteiger partial charge >= 0.3 is 0 Å². The highest BCUT2D eigenvalue weighted by atomic mass is 16.5. The smallest absolute Gasteiger partial charge is 0.134 e. The Kier molecular flexibility index (Phi) is 3.25.